The van der Waals surface area contributed by atoms with Crippen LogP contribution in [-0.4, -0.2) is 82.1 Å². The van der Waals surface area contributed by atoms with Crippen LogP contribution in [0.3, 0.4) is 0 Å². The molecule has 6 heterocycles. The van der Waals surface area contributed by atoms with E-state index in [1.165, 1.54) is 26.4 Å². The maximum absolute atomic E-state index is 15.5. The highest BCUT2D eigenvalue weighted by Crippen LogP contribution is 2.64. The second-order valence-corrected chi connectivity index (χ2v) is 16.2. The van der Waals surface area contributed by atoms with Crippen LogP contribution >= 0.6 is 0 Å². The van der Waals surface area contributed by atoms with Gasteiger partial charge in [0.25, 0.3) is 0 Å². The number of aromatic hydroxyl groups is 2. The van der Waals surface area contributed by atoms with Crippen molar-refractivity contribution >= 4 is 29.0 Å². The van der Waals surface area contributed by atoms with E-state index < -0.39 is 40.5 Å². The highest BCUT2D eigenvalue weighted by Gasteiger charge is 2.71. The summed E-state index contributed by atoms with van der Waals surface area (Å²) in [6.45, 7) is 1.18. The van der Waals surface area contributed by atoms with Crippen LogP contribution in [0.1, 0.15) is 59.8 Å². The number of aliphatic hydroxyl groups excluding tert-OH is 1. The molecule has 2 amide bonds. The van der Waals surface area contributed by atoms with Gasteiger partial charge >= 0.3 is 0 Å². The van der Waals surface area contributed by atoms with Crippen LogP contribution < -0.4 is 20.1 Å². The number of phenols is 2. The summed E-state index contributed by atoms with van der Waals surface area (Å²) >= 11 is 0. The van der Waals surface area contributed by atoms with Gasteiger partial charge in [-0.1, -0.05) is 48.5 Å². The summed E-state index contributed by atoms with van der Waals surface area (Å²) in [5, 5.41) is 40.6. The quantitative estimate of drug-likeness (QED) is 0.114. The van der Waals surface area contributed by atoms with Crippen molar-refractivity contribution in [1.29, 1.82) is 0 Å². The maximum atomic E-state index is 15.5. The molecule has 12 nitrogen and oxygen atoms in total. The number of nitrogens with zero attached hydrogens (tertiary/aromatic N) is 2. The Morgan fingerprint density at radius 1 is 0.737 bits per heavy atom. The van der Waals surface area contributed by atoms with Gasteiger partial charge in [0.05, 0.1) is 20.1 Å². The van der Waals surface area contributed by atoms with Crippen molar-refractivity contribution in [3.63, 3.8) is 0 Å². The lowest BCUT2D eigenvalue weighted by molar-refractivity contribution is -0.134. The number of hydrogen-bond acceptors (Lipinski definition) is 10. The normalized spacial score (nSPS) is 31.3. The number of ether oxygens (including phenoxy) is 2. The number of hydrogen-bond donors (Lipinski definition) is 5. The molecule has 0 radical (unpaired) electrons. The van der Waals surface area contributed by atoms with E-state index in [-0.39, 0.29) is 46.9 Å². The van der Waals surface area contributed by atoms with Crippen LogP contribution in [0.5, 0.6) is 23.0 Å². The lowest BCUT2D eigenvalue weighted by Crippen LogP contribution is -2.52. The number of anilines is 2. The fourth-order valence-electron chi connectivity index (χ4n) is 12.0. The van der Waals surface area contributed by atoms with E-state index in [9.17, 15) is 24.9 Å². The second kappa shape index (κ2) is 12.8. The molecule has 6 aliphatic rings. The number of rotatable bonds is 7. The van der Waals surface area contributed by atoms with Crippen LogP contribution in [0.25, 0.3) is 0 Å². The summed E-state index contributed by atoms with van der Waals surface area (Å²) in [6.07, 6.45) is 4.34. The molecular weight excluding hydrogens is 725 g/mol. The lowest BCUT2D eigenvalue weighted by Gasteiger charge is -2.38. The van der Waals surface area contributed by atoms with Crippen molar-refractivity contribution in [2.45, 2.75) is 60.7 Å². The van der Waals surface area contributed by atoms with Gasteiger partial charge in [-0.3, -0.25) is 24.2 Å². The van der Waals surface area contributed by atoms with Gasteiger partial charge in [-0.25, -0.2) is 0 Å². The van der Waals surface area contributed by atoms with E-state index in [0.29, 0.717) is 53.3 Å². The van der Waals surface area contributed by atoms with Crippen molar-refractivity contribution in [2.24, 2.45) is 11.8 Å². The summed E-state index contributed by atoms with van der Waals surface area (Å²) in [7, 11) is 2.94. The predicted octanol–water partition coefficient (Wildman–Crippen LogP) is 5.88. The van der Waals surface area contributed by atoms with Crippen molar-refractivity contribution in [1.82, 2.24) is 9.80 Å². The van der Waals surface area contributed by atoms with Gasteiger partial charge in [-0.15, -0.1) is 0 Å². The first-order chi connectivity index (χ1) is 27.7. The zero-order chi connectivity index (χ0) is 39.4. The highest BCUT2D eigenvalue weighted by atomic mass is 16.5. The number of carbonyl (C=O) groups is 3. The largest absolute Gasteiger partial charge is 0.512 e. The van der Waals surface area contributed by atoms with Gasteiger partial charge in [-0.05, 0) is 86.3 Å². The smallest absolute Gasteiger partial charge is 0.250 e. The predicted molar refractivity (Wildman–Crippen MR) is 210 cm³/mol. The van der Waals surface area contributed by atoms with Crippen molar-refractivity contribution < 1.29 is 39.2 Å². The minimum atomic E-state index is -1.38. The maximum Gasteiger partial charge on any atom is 0.250 e. The van der Waals surface area contributed by atoms with Crippen molar-refractivity contribution in [3.05, 3.63) is 119 Å². The van der Waals surface area contributed by atoms with Gasteiger partial charge in [-0.2, -0.15) is 0 Å². The standard InChI is InChI=1S/C45H44N4O8/c1-56-36-18-16-24(21-33(36)51)38-30-13-7-19-48(30)45(27-10-4-6-12-29(27)47-43(45)55)41(38)35(53)23-34(52)39-31-14-8-20-49(31)44(26-9-3-5-11-28(26)46-42(44)54)40(39)25-15-17-32(50)37(22-25)57-2/h3-6,9-12,15-18,21-23,30-31,38-41,50-52H,7-8,13-14,19-20H2,1-2H3,(H,46,54)(H,47,55). The molecule has 12 heteroatoms. The number of nitrogens with one attached hydrogen (secondary N) is 2. The molecule has 0 saturated carbocycles. The zero-order valence-corrected chi connectivity index (χ0v) is 31.6. The SMILES string of the molecule is COc1ccc(C2C3CCCN3C3(C(=O)Nc4ccccc43)C2C(=O)C=C(O)C2C3CCCN3C3(C(=O)Nc4ccccc43)C2c2ccc(O)c(OC)c2)cc1O. The topological polar surface area (TPSA) is 161 Å². The molecule has 8 atom stereocenters. The number of carbonyl (C=O) groups excluding carboxylic acids is 3. The highest BCUT2D eigenvalue weighted by molar-refractivity contribution is 6.11. The Bertz CT molecular complexity index is 2400. The van der Waals surface area contributed by atoms with Crippen LogP contribution in [0, 0.1) is 11.8 Å². The molecule has 5 N–H and O–H groups in total. The van der Waals surface area contributed by atoms with Gasteiger partial charge < -0.3 is 35.4 Å². The average Bonchev–Trinajstić information content (AvgIpc) is 4.05. The molecule has 57 heavy (non-hydrogen) atoms. The van der Waals surface area contributed by atoms with Crippen molar-refractivity contribution in [2.75, 3.05) is 37.9 Å². The van der Waals surface area contributed by atoms with E-state index in [0.717, 1.165) is 24.8 Å². The third-order valence-corrected chi connectivity index (χ3v) is 13.9. The van der Waals surface area contributed by atoms with Crippen LogP contribution in [0.4, 0.5) is 11.4 Å². The summed E-state index contributed by atoms with van der Waals surface area (Å²) in [4.78, 5) is 49.2. The fraction of sp³-hybridized carbons (Fsp3) is 0.356. The molecule has 4 saturated heterocycles. The summed E-state index contributed by atoms with van der Waals surface area (Å²) in [6, 6.07) is 24.7. The van der Waals surface area contributed by atoms with E-state index in [4.69, 9.17) is 9.47 Å². The Morgan fingerprint density at radius 3 is 2.00 bits per heavy atom. The summed E-state index contributed by atoms with van der Waals surface area (Å²) in [5.74, 6) is -3.65. The summed E-state index contributed by atoms with van der Waals surface area (Å²) < 4.78 is 10.9. The Hall–Kier alpha value is -5.85. The molecule has 8 unspecified atom stereocenters. The molecule has 0 aliphatic carbocycles. The summed E-state index contributed by atoms with van der Waals surface area (Å²) in [5.41, 5.74) is 1.57. The first-order valence-corrected chi connectivity index (χ1v) is 19.7. The van der Waals surface area contributed by atoms with E-state index >= 15 is 4.79 Å². The number of amides is 2. The number of allylic oxidation sites excluding steroid dienone is 1. The Balaban J connectivity index is 1.16. The van der Waals surface area contributed by atoms with Gasteiger partial charge in [0.2, 0.25) is 11.8 Å². The van der Waals surface area contributed by atoms with Crippen LogP contribution in [0.2, 0.25) is 0 Å². The molecule has 4 fully saturated rings. The molecule has 4 aromatic rings. The Kier molecular flexibility index (Phi) is 8.01. The minimum Gasteiger partial charge on any atom is -0.512 e. The first kappa shape index (κ1) is 35.6. The number of aliphatic hydroxyl groups is 1. The fourth-order valence-corrected chi connectivity index (χ4v) is 12.0. The number of benzene rings is 4. The zero-order valence-electron chi connectivity index (χ0n) is 31.6. The monoisotopic (exact) mass is 768 g/mol. The number of para-hydroxylation sites is 2. The molecule has 6 aliphatic heterocycles. The number of fused-ring (bicyclic) bond motifs is 8. The molecular formula is C45H44N4O8. The molecule has 292 valence electrons. The second-order valence-electron chi connectivity index (χ2n) is 16.2. The van der Waals surface area contributed by atoms with Gasteiger partial charge in [0, 0.05) is 58.4 Å². The lowest BCUT2D eigenvalue weighted by atomic mass is 9.68. The molecule has 0 bridgehead atoms. The number of ketones is 1. The average molecular weight is 769 g/mol. The van der Waals surface area contributed by atoms with Gasteiger partial charge in [0.1, 0.15) is 16.8 Å². The van der Waals surface area contributed by atoms with Crippen molar-refractivity contribution in [3.8, 4) is 23.0 Å². The van der Waals surface area contributed by atoms with Crippen LogP contribution in [0.15, 0.2) is 96.8 Å². The Morgan fingerprint density at radius 2 is 1.33 bits per heavy atom. The molecule has 10 rings (SSSR count). The third kappa shape index (κ3) is 4.65. The van der Waals surface area contributed by atoms with Gasteiger partial charge in [0.15, 0.2) is 28.8 Å². The third-order valence-electron chi connectivity index (χ3n) is 13.9. The molecule has 2 spiro atoms. The van der Waals surface area contributed by atoms with E-state index in [2.05, 4.69) is 20.4 Å². The first-order valence-electron chi connectivity index (χ1n) is 19.7. The van der Waals surface area contributed by atoms with E-state index in [1.54, 1.807) is 24.3 Å². The molecule has 0 aromatic heterocycles. The Labute approximate surface area is 329 Å². The minimum absolute atomic E-state index is 0.0608. The van der Waals surface area contributed by atoms with Crippen LogP contribution in [-0.2, 0) is 25.5 Å². The number of phenolic OH excluding ortho intramolecular Hbond substituents is 2. The molecule has 4 aromatic carbocycles. The van der Waals surface area contributed by atoms with E-state index in [1.807, 2.05) is 54.6 Å². The number of methoxy groups -OCH3 is 2.